The predicted octanol–water partition coefficient (Wildman–Crippen LogP) is 1.95. The number of nitrogens with one attached hydrogen (secondary N) is 1. The van der Waals surface area contributed by atoms with Gasteiger partial charge in [0.25, 0.3) is 0 Å². The SMILES string of the molecule is C#CCC(NCC)c1ccoc1. The van der Waals surface area contributed by atoms with Gasteiger partial charge < -0.3 is 9.73 Å². The van der Waals surface area contributed by atoms with Crippen LogP contribution in [0.4, 0.5) is 0 Å². The Morgan fingerprint density at radius 1 is 1.75 bits per heavy atom. The van der Waals surface area contributed by atoms with Crippen molar-refractivity contribution in [3.05, 3.63) is 24.2 Å². The molecule has 0 amide bonds. The summed E-state index contributed by atoms with van der Waals surface area (Å²) < 4.78 is 4.98. The van der Waals surface area contributed by atoms with Gasteiger partial charge in [0, 0.05) is 18.0 Å². The van der Waals surface area contributed by atoms with Crippen molar-refractivity contribution in [2.24, 2.45) is 0 Å². The Labute approximate surface area is 73.0 Å². The van der Waals surface area contributed by atoms with E-state index in [0.717, 1.165) is 12.1 Å². The average molecular weight is 163 g/mol. The molecule has 2 heteroatoms. The molecule has 1 N–H and O–H groups in total. The zero-order valence-electron chi connectivity index (χ0n) is 7.21. The van der Waals surface area contributed by atoms with Gasteiger partial charge in [0.05, 0.1) is 12.5 Å². The lowest BCUT2D eigenvalue weighted by Crippen LogP contribution is -2.19. The van der Waals surface area contributed by atoms with Crippen LogP contribution >= 0.6 is 0 Å². The molecule has 1 heterocycles. The van der Waals surface area contributed by atoms with Gasteiger partial charge in [0.1, 0.15) is 0 Å². The van der Waals surface area contributed by atoms with Gasteiger partial charge >= 0.3 is 0 Å². The maximum absolute atomic E-state index is 5.25. The highest BCUT2D eigenvalue weighted by atomic mass is 16.3. The number of furan rings is 1. The lowest BCUT2D eigenvalue weighted by molar-refractivity contribution is 0.533. The molecule has 1 aromatic heterocycles. The normalized spacial score (nSPS) is 12.3. The molecule has 0 aliphatic carbocycles. The van der Waals surface area contributed by atoms with Crippen molar-refractivity contribution in [2.45, 2.75) is 19.4 Å². The van der Waals surface area contributed by atoms with Crippen LogP contribution in [0.15, 0.2) is 23.0 Å². The molecule has 12 heavy (non-hydrogen) atoms. The van der Waals surface area contributed by atoms with Crippen LogP contribution in [0.5, 0.6) is 0 Å². The molecule has 0 radical (unpaired) electrons. The summed E-state index contributed by atoms with van der Waals surface area (Å²) in [6.45, 7) is 2.97. The molecule has 2 nitrogen and oxygen atoms in total. The lowest BCUT2D eigenvalue weighted by Gasteiger charge is -2.12. The van der Waals surface area contributed by atoms with E-state index in [9.17, 15) is 0 Å². The molecule has 0 saturated carbocycles. The van der Waals surface area contributed by atoms with Gasteiger partial charge in [-0.25, -0.2) is 0 Å². The Kier molecular flexibility index (Phi) is 3.43. The first-order valence-corrected chi connectivity index (χ1v) is 4.07. The first-order chi connectivity index (χ1) is 5.88. The zero-order valence-corrected chi connectivity index (χ0v) is 7.21. The number of rotatable bonds is 4. The molecular weight excluding hydrogens is 150 g/mol. The number of terminal acetylenes is 1. The van der Waals surface area contributed by atoms with Crippen LogP contribution in [0.2, 0.25) is 0 Å². The Balaban J connectivity index is 2.61. The topological polar surface area (TPSA) is 25.2 Å². The summed E-state index contributed by atoms with van der Waals surface area (Å²) in [4.78, 5) is 0. The van der Waals surface area contributed by atoms with Crippen LogP contribution in [-0.4, -0.2) is 6.54 Å². The Morgan fingerprint density at radius 2 is 2.58 bits per heavy atom. The van der Waals surface area contributed by atoms with Crippen molar-refractivity contribution in [3.8, 4) is 12.3 Å². The van der Waals surface area contributed by atoms with Gasteiger partial charge in [0.15, 0.2) is 0 Å². The van der Waals surface area contributed by atoms with Crippen molar-refractivity contribution in [3.63, 3.8) is 0 Å². The van der Waals surface area contributed by atoms with E-state index in [1.165, 1.54) is 0 Å². The third-order valence-corrected chi connectivity index (χ3v) is 1.72. The highest BCUT2D eigenvalue weighted by Crippen LogP contribution is 2.15. The molecule has 0 bridgehead atoms. The van der Waals surface area contributed by atoms with Gasteiger partial charge in [-0.2, -0.15) is 0 Å². The van der Waals surface area contributed by atoms with Crippen LogP contribution in [0.3, 0.4) is 0 Å². The molecular formula is C10H13NO. The molecule has 1 rings (SSSR count). The zero-order chi connectivity index (χ0) is 8.81. The Bertz CT molecular complexity index is 245. The fraction of sp³-hybridized carbons (Fsp3) is 0.400. The predicted molar refractivity (Wildman–Crippen MR) is 48.6 cm³/mol. The number of hydrogen-bond acceptors (Lipinski definition) is 2. The smallest absolute Gasteiger partial charge is 0.0950 e. The van der Waals surface area contributed by atoms with Gasteiger partial charge in [-0.15, -0.1) is 12.3 Å². The number of hydrogen-bond donors (Lipinski definition) is 1. The quantitative estimate of drug-likeness (QED) is 0.686. The first-order valence-electron chi connectivity index (χ1n) is 4.07. The van der Waals surface area contributed by atoms with E-state index in [1.54, 1.807) is 12.5 Å². The van der Waals surface area contributed by atoms with Gasteiger partial charge in [0.2, 0.25) is 0 Å². The highest BCUT2D eigenvalue weighted by molar-refractivity contribution is 5.13. The van der Waals surface area contributed by atoms with Crippen molar-refractivity contribution in [2.75, 3.05) is 6.54 Å². The van der Waals surface area contributed by atoms with Crippen molar-refractivity contribution in [1.29, 1.82) is 0 Å². The standard InChI is InChI=1S/C10H13NO/c1-3-5-10(11-4-2)9-6-7-12-8-9/h1,6-8,10-11H,4-5H2,2H3. The second-order valence-electron chi connectivity index (χ2n) is 2.58. The van der Waals surface area contributed by atoms with Crippen molar-refractivity contribution >= 4 is 0 Å². The molecule has 0 spiro atoms. The van der Waals surface area contributed by atoms with Gasteiger partial charge in [-0.3, -0.25) is 0 Å². The fourth-order valence-corrected chi connectivity index (χ4v) is 1.15. The minimum Gasteiger partial charge on any atom is -0.472 e. The van der Waals surface area contributed by atoms with E-state index >= 15 is 0 Å². The van der Waals surface area contributed by atoms with Crippen molar-refractivity contribution in [1.82, 2.24) is 5.32 Å². The Morgan fingerprint density at radius 3 is 3.08 bits per heavy atom. The minimum absolute atomic E-state index is 0.235. The monoisotopic (exact) mass is 163 g/mol. The van der Waals surface area contributed by atoms with E-state index in [2.05, 4.69) is 18.2 Å². The van der Waals surface area contributed by atoms with E-state index in [1.807, 2.05) is 6.07 Å². The maximum atomic E-state index is 5.25. The third-order valence-electron chi connectivity index (χ3n) is 1.72. The summed E-state index contributed by atoms with van der Waals surface area (Å²) >= 11 is 0. The highest BCUT2D eigenvalue weighted by Gasteiger charge is 2.08. The second-order valence-corrected chi connectivity index (χ2v) is 2.58. The maximum Gasteiger partial charge on any atom is 0.0950 e. The van der Waals surface area contributed by atoms with Gasteiger partial charge in [-0.1, -0.05) is 6.92 Å². The summed E-state index contributed by atoms with van der Waals surface area (Å²) in [6, 6.07) is 2.17. The third kappa shape index (κ3) is 2.14. The fourth-order valence-electron chi connectivity index (χ4n) is 1.15. The van der Waals surface area contributed by atoms with Crippen LogP contribution in [-0.2, 0) is 0 Å². The second kappa shape index (κ2) is 4.63. The molecule has 0 aliphatic rings. The molecule has 1 aromatic rings. The lowest BCUT2D eigenvalue weighted by atomic mass is 10.1. The van der Waals surface area contributed by atoms with E-state index in [-0.39, 0.29) is 6.04 Å². The summed E-state index contributed by atoms with van der Waals surface area (Å²) in [7, 11) is 0. The van der Waals surface area contributed by atoms with E-state index in [4.69, 9.17) is 10.8 Å². The molecule has 0 aliphatic heterocycles. The molecule has 64 valence electrons. The summed E-state index contributed by atoms with van der Waals surface area (Å²) in [5.74, 6) is 2.64. The Hall–Kier alpha value is -1.20. The minimum atomic E-state index is 0.235. The molecule has 0 aromatic carbocycles. The molecule has 0 fully saturated rings. The largest absolute Gasteiger partial charge is 0.472 e. The van der Waals surface area contributed by atoms with E-state index in [0.29, 0.717) is 6.42 Å². The summed E-state index contributed by atoms with van der Waals surface area (Å²) in [6.07, 6.45) is 9.34. The van der Waals surface area contributed by atoms with Crippen LogP contribution < -0.4 is 5.32 Å². The molecule has 1 atom stereocenters. The van der Waals surface area contributed by atoms with E-state index < -0.39 is 0 Å². The van der Waals surface area contributed by atoms with Crippen LogP contribution in [0, 0.1) is 12.3 Å². The average Bonchev–Trinajstić information content (AvgIpc) is 2.56. The summed E-state index contributed by atoms with van der Waals surface area (Å²) in [5, 5.41) is 3.28. The summed E-state index contributed by atoms with van der Waals surface area (Å²) in [5.41, 5.74) is 1.12. The van der Waals surface area contributed by atoms with Crippen molar-refractivity contribution < 1.29 is 4.42 Å². The molecule has 1 unspecified atom stereocenters. The van der Waals surface area contributed by atoms with Crippen LogP contribution in [0.1, 0.15) is 24.9 Å². The van der Waals surface area contributed by atoms with Crippen LogP contribution in [0.25, 0.3) is 0 Å². The first kappa shape index (κ1) is 8.89. The molecule has 0 saturated heterocycles. The van der Waals surface area contributed by atoms with Gasteiger partial charge in [-0.05, 0) is 12.6 Å².